The van der Waals surface area contributed by atoms with Gasteiger partial charge in [0.15, 0.2) is 11.5 Å². The van der Waals surface area contributed by atoms with Gasteiger partial charge in [-0.2, -0.15) is 4.98 Å². The number of fused-ring (bicyclic) bond motifs is 1. The van der Waals surface area contributed by atoms with Crippen molar-refractivity contribution in [3.8, 4) is 22.2 Å². The van der Waals surface area contributed by atoms with Crippen molar-refractivity contribution in [2.45, 2.75) is 25.7 Å². The van der Waals surface area contributed by atoms with E-state index in [-0.39, 0.29) is 12.0 Å². The van der Waals surface area contributed by atoms with Crippen LogP contribution in [0.5, 0.6) is 11.5 Å². The van der Waals surface area contributed by atoms with E-state index in [1.165, 1.54) is 0 Å². The van der Waals surface area contributed by atoms with E-state index in [1.807, 2.05) is 53.6 Å². The molecule has 1 saturated heterocycles. The third-order valence-corrected chi connectivity index (χ3v) is 6.20. The molecule has 0 spiro atoms. The maximum Gasteiger partial charge on any atom is 0.267 e. The molecule has 0 aliphatic carbocycles. The van der Waals surface area contributed by atoms with Gasteiger partial charge in [-0.1, -0.05) is 23.4 Å². The van der Waals surface area contributed by atoms with Gasteiger partial charge in [0.1, 0.15) is 6.10 Å². The van der Waals surface area contributed by atoms with Crippen molar-refractivity contribution in [3.63, 3.8) is 0 Å². The van der Waals surface area contributed by atoms with Crippen LogP contribution in [0.3, 0.4) is 0 Å². The van der Waals surface area contributed by atoms with Crippen molar-refractivity contribution >= 4 is 17.2 Å². The lowest BCUT2D eigenvalue weighted by Crippen LogP contribution is -2.55. The zero-order valence-electron chi connectivity index (χ0n) is 16.6. The predicted octanol–water partition coefficient (Wildman–Crippen LogP) is 2.67. The van der Waals surface area contributed by atoms with Gasteiger partial charge in [0, 0.05) is 26.2 Å². The molecule has 2 aliphatic heterocycles. The van der Waals surface area contributed by atoms with Crippen molar-refractivity contribution in [3.05, 3.63) is 47.7 Å². The number of carbonyl (C=O) groups excluding carboxylic acids is 1. The van der Waals surface area contributed by atoms with Crippen molar-refractivity contribution in [1.29, 1.82) is 0 Å². The van der Waals surface area contributed by atoms with E-state index in [4.69, 9.17) is 14.0 Å². The van der Waals surface area contributed by atoms with E-state index in [0.29, 0.717) is 42.8 Å². The molecule has 0 bridgehead atoms. The van der Waals surface area contributed by atoms with Crippen LogP contribution in [0.25, 0.3) is 10.7 Å². The quantitative estimate of drug-likeness (QED) is 0.634. The van der Waals surface area contributed by atoms with Crippen molar-refractivity contribution in [2.75, 3.05) is 26.2 Å². The summed E-state index contributed by atoms with van der Waals surface area (Å²) in [5.41, 5.74) is 0. The smallest absolute Gasteiger partial charge is 0.267 e. The predicted molar refractivity (Wildman–Crippen MR) is 110 cm³/mol. The van der Waals surface area contributed by atoms with Gasteiger partial charge in [0.05, 0.1) is 11.4 Å². The number of ether oxygens (including phenoxy) is 2. The fraction of sp³-hybridized carbons (Fsp3) is 0.381. The molecule has 2 unspecified atom stereocenters. The highest BCUT2D eigenvalue weighted by Crippen LogP contribution is 2.34. The lowest BCUT2D eigenvalue weighted by atomic mass is 10.1. The van der Waals surface area contributed by atoms with Gasteiger partial charge in [0.2, 0.25) is 17.8 Å². The molecule has 1 fully saturated rings. The maximum atomic E-state index is 13.0. The van der Waals surface area contributed by atoms with Gasteiger partial charge in [-0.05, 0) is 30.5 Å². The number of nitrogens with zero attached hydrogens (tertiary/aromatic N) is 4. The first-order valence-electron chi connectivity index (χ1n) is 9.97. The number of hydrogen-bond acceptors (Lipinski definition) is 8. The molecular weight excluding hydrogens is 404 g/mol. The molecule has 0 N–H and O–H groups in total. The van der Waals surface area contributed by atoms with Gasteiger partial charge < -0.3 is 18.9 Å². The summed E-state index contributed by atoms with van der Waals surface area (Å²) in [5, 5.41) is 6.05. The Balaban J connectivity index is 1.17. The number of para-hydroxylation sites is 2. The molecule has 0 radical (unpaired) electrons. The Morgan fingerprint density at radius 1 is 1.10 bits per heavy atom. The van der Waals surface area contributed by atoms with E-state index >= 15 is 0 Å². The van der Waals surface area contributed by atoms with Gasteiger partial charge in [0.25, 0.3) is 5.91 Å². The van der Waals surface area contributed by atoms with Crippen molar-refractivity contribution in [1.82, 2.24) is 19.9 Å². The van der Waals surface area contributed by atoms with Gasteiger partial charge in [-0.3, -0.25) is 9.69 Å². The number of piperazine rings is 1. The van der Waals surface area contributed by atoms with E-state index in [9.17, 15) is 4.79 Å². The van der Waals surface area contributed by atoms with Crippen LogP contribution in [-0.2, 0) is 11.3 Å². The van der Waals surface area contributed by atoms with Gasteiger partial charge in [-0.15, -0.1) is 11.3 Å². The zero-order valence-corrected chi connectivity index (χ0v) is 17.4. The van der Waals surface area contributed by atoms with E-state index in [2.05, 4.69) is 15.0 Å². The van der Waals surface area contributed by atoms with Crippen LogP contribution in [0.15, 0.2) is 46.3 Å². The second-order valence-corrected chi connectivity index (χ2v) is 8.35. The number of thiophene rings is 1. The minimum atomic E-state index is -0.629. The molecule has 5 rings (SSSR count). The first kappa shape index (κ1) is 19.1. The number of rotatable bonds is 4. The Bertz CT molecular complexity index is 1010. The summed E-state index contributed by atoms with van der Waals surface area (Å²) in [4.78, 5) is 22.6. The molecule has 30 heavy (non-hydrogen) atoms. The molecule has 1 amide bonds. The maximum absolute atomic E-state index is 13.0. The van der Waals surface area contributed by atoms with Gasteiger partial charge >= 0.3 is 0 Å². The molecule has 2 aliphatic rings. The van der Waals surface area contributed by atoms with Gasteiger partial charge in [-0.25, -0.2) is 0 Å². The molecule has 2 aromatic heterocycles. The van der Waals surface area contributed by atoms with Crippen LogP contribution in [0.4, 0.5) is 0 Å². The molecule has 2 atom stereocenters. The van der Waals surface area contributed by atoms with Crippen LogP contribution in [-0.4, -0.2) is 64.2 Å². The first-order chi connectivity index (χ1) is 14.7. The number of hydrogen-bond donors (Lipinski definition) is 0. The number of carbonyl (C=O) groups is 1. The second-order valence-electron chi connectivity index (χ2n) is 7.40. The average molecular weight is 426 g/mol. The highest BCUT2D eigenvalue weighted by molar-refractivity contribution is 7.13. The highest BCUT2D eigenvalue weighted by Gasteiger charge is 2.37. The summed E-state index contributed by atoms with van der Waals surface area (Å²) >= 11 is 1.58. The normalized spacial score (nSPS) is 21.6. The molecule has 156 valence electrons. The van der Waals surface area contributed by atoms with Crippen LogP contribution >= 0.6 is 11.3 Å². The molecule has 1 aromatic carbocycles. The number of amides is 1. The molecule has 0 saturated carbocycles. The highest BCUT2D eigenvalue weighted by atomic mass is 32.1. The van der Waals surface area contributed by atoms with E-state index in [0.717, 1.165) is 18.0 Å². The summed E-state index contributed by atoms with van der Waals surface area (Å²) < 4.78 is 17.2. The molecule has 3 aromatic rings. The van der Waals surface area contributed by atoms with Crippen LogP contribution < -0.4 is 9.47 Å². The minimum absolute atomic E-state index is 0.0329. The summed E-state index contributed by atoms with van der Waals surface area (Å²) in [5.74, 6) is 2.48. The molecule has 4 heterocycles. The van der Waals surface area contributed by atoms with Crippen molar-refractivity contribution < 1.29 is 18.8 Å². The largest absolute Gasteiger partial charge is 0.482 e. The van der Waals surface area contributed by atoms with Crippen LogP contribution in [0, 0.1) is 0 Å². The fourth-order valence-electron chi connectivity index (χ4n) is 3.71. The SMILES string of the molecule is CC1Oc2ccccc2OC1C(=O)N1CCN(Cc2nc(-c3cccs3)no2)CC1. The fourth-order valence-corrected chi connectivity index (χ4v) is 4.36. The minimum Gasteiger partial charge on any atom is -0.482 e. The Morgan fingerprint density at radius 3 is 2.60 bits per heavy atom. The number of aromatic nitrogens is 2. The molecular formula is C21H22N4O4S. The average Bonchev–Trinajstić information content (AvgIpc) is 3.45. The Morgan fingerprint density at radius 2 is 1.87 bits per heavy atom. The third-order valence-electron chi connectivity index (χ3n) is 5.34. The number of benzene rings is 1. The lowest BCUT2D eigenvalue weighted by Gasteiger charge is -2.38. The van der Waals surface area contributed by atoms with Crippen LogP contribution in [0.1, 0.15) is 12.8 Å². The zero-order chi connectivity index (χ0) is 20.5. The monoisotopic (exact) mass is 426 g/mol. The topological polar surface area (TPSA) is 80.9 Å². The Kier molecular flexibility index (Phi) is 5.14. The summed E-state index contributed by atoms with van der Waals surface area (Å²) in [6.07, 6.45) is -0.963. The molecule has 9 heteroatoms. The van der Waals surface area contributed by atoms with Crippen LogP contribution in [0.2, 0.25) is 0 Å². The van der Waals surface area contributed by atoms with E-state index < -0.39 is 6.10 Å². The van der Waals surface area contributed by atoms with E-state index in [1.54, 1.807) is 11.3 Å². The summed E-state index contributed by atoms with van der Waals surface area (Å²) in [6, 6.07) is 11.4. The first-order valence-corrected chi connectivity index (χ1v) is 10.9. The second kappa shape index (κ2) is 8.08. The Hall–Kier alpha value is -2.91. The Labute approximate surface area is 178 Å². The standard InChI is InChI=1S/C21H22N4O4S/c1-14-19(28-16-6-3-2-5-15(16)27-14)21(26)25-10-8-24(9-11-25)13-18-22-20(23-29-18)17-7-4-12-30-17/h2-7,12,14,19H,8-11,13H2,1H3. The van der Waals surface area contributed by atoms with Crippen molar-refractivity contribution in [2.24, 2.45) is 0 Å². The lowest BCUT2D eigenvalue weighted by molar-refractivity contribution is -0.146. The third kappa shape index (κ3) is 3.78. The summed E-state index contributed by atoms with van der Waals surface area (Å²) in [6.45, 7) is 5.17. The molecule has 8 nitrogen and oxygen atoms in total. The summed E-state index contributed by atoms with van der Waals surface area (Å²) in [7, 11) is 0.